The van der Waals surface area contributed by atoms with Gasteiger partial charge in [-0.15, -0.1) is 0 Å². The van der Waals surface area contributed by atoms with E-state index in [1.54, 1.807) is 23.6 Å². The number of nitrogens with zero attached hydrogens (tertiary/aromatic N) is 2. The van der Waals surface area contributed by atoms with Crippen LogP contribution in [0.25, 0.3) is 0 Å². The Morgan fingerprint density at radius 1 is 1.20 bits per heavy atom. The lowest BCUT2D eigenvalue weighted by Crippen LogP contribution is -2.26. The molecule has 1 aromatic heterocycles. The third kappa shape index (κ3) is 2.72. The van der Waals surface area contributed by atoms with Crippen molar-refractivity contribution >= 4 is 23.2 Å². The Hall–Kier alpha value is -1.76. The average molecular weight is 307 g/mol. The van der Waals surface area contributed by atoms with E-state index in [9.17, 15) is 4.79 Å². The summed E-state index contributed by atoms with van der Waals surface area (Å²) in [7, 11) is 0. The molecule has 0 saturated carbocycles. The number of pyridine rings is 1. The van der Waals surface area contributed by atoms with E-state index in [-0.39, 0.29) is 11.1 Å². The van der Waals surface area contributed by atoms with Crippen molar-refractivity contribution < 1.29 is 0 Å². The Bertz CT molecular complexity index is 773. The number of hydrogen-bond donors (Lipinski definition) is 0. The first-order valence-corrected chi connectivity index (χ1v) is 6.74. The lowest BCUT2D eigenvalue weighted by molar-refractivity contribution is 0.724. The summed E-state index contributed by atoms with van der Waals surface area (Å²) in [6.45, 7) is 3.96. The maximum atomic E-state index is 12.3. The number of benzene rings is 1. The maximum absolute atomic E-state index is 12.3. The van der Waals surface area contributed by atoms with E-state index in [2.05, 4.69) is 0 Å². The maximum Gasteiger partial charge on any atom is 0.269 e. The van der Waals surface area contributed by atoms with Gasteiger partial charge in [-0.25, -0.2) is 0 Å². The number of hydrogen-bond acceptors (Lipinski definition) is 2. The van der Waals surface area contributed by atoms with Crippen LogP contribution in [0.5, 0.6) is 0 Å². The Morgan fingerprint density at radius 3 is 2.50 bits per heavy atom. The van der Waals surface area contributed by atoms with Crippen molar-refractivity contribution in [2.75, 3.05) is 0 Å². The average Bonchev–Trinajstić information content (AvgIpc) is 2.39. The molecule has 3 nitrogen and oxygen atoms in total. The zero-order valence-corrected chi connectivity index (χ0v) is 12.6. The number of aromatic nitrogens is 1. The topological polar surface area (TPSA) is 45.8 Å². The van der Waals surface area contributed by atoms with Gasteiger partial charge in [0.05, 0.1) is 16.6 Å². The van der Waals surface area contributed by atoms with Crippen molar-refractivity contribution in [1.29, 1.82) is 5.26 Å². The quantitative estimate of drug-likeness (QED) is 0.849. The van der Waals surface area contributed by atoms with Crippen LogP contribution in [-0.2, 0) is 6.54 Å². The van der Waals surface area contributed by atoms with Crippen LogP contribution >= 0.6 is 23.2 Å². The molecule has 20 heavy (non-hydrogen) atoms. The summed E-state index contributed by atoms with van der Waals surface area (Å²) in [4.78, 5) is 12.3. The molecule has 0 atom stereocenters. The van der Waals surface area contributed by atoms with E-state index >= 15 is 0 Å². The van der Waals surface area contributed by atoms with Crippen molar-refractivity contribution in [1.82, 2.24) is 4.57 Å². The summed E-state index contributed by atoms with van der Waals surface area (Å²) in [6.07, 6.45) is 0. The summed E-state index contributed by atoms with van der Waals surface area (Å²) in [6, 6.07) is 9.02. The summed E-state index contributed by atoms with van der Waals surface area (Å²) >= 11 is 11.8. The Kier molecular flexibility index (Phi) is 4.17. The minimum absolute atomic E-state index is 0.177. The number of rotatable bonds is 2. The predicted octanol–water partition coefficient (Wildman–Crippen LogP) is 3.69. The fourth-order valence-electron chi connectivity index (χ4n) is 2.08. The van der Waals surface area contributed by atoms with Gasteiger partial charge in [0.1, 0.15) is 11.6 Å². The highest BCUT2D eigenvalue weighted by atomic mass is 35.5. The molecular weight excluding hydrogens is 295 g/mol. The van der Waals surface area contributed by atoms with Crippen LogP contribution in [0.1, 0.15) is 22.4 Å². The van der Waals surface area contributed by atoms with Crippen LogP contribution in [0.4, 0.5) is 0 Å². The molecule has 0 saturated heterocycles. The van der Waals surface area contributed by atoms with E-state index in [0.717, 1.165) is 11.3 Å². The van der Waals surface area contributed by atoms with Gasteiger partial charge >= 0.3 is 0 Å². The van der Waals surface area contributed by atoms with Crippen molar-refractivity contribution in [2.45, 2.75) is 20.4 Å². The molecule has 1 heterocycles. The van der Waals surface area contributed by atoms with Crippen molar-refractivity contribution in [2.24, 2.45) is 0 Å². The van der Waals surface area contributed by atoms with Crippen LogP contribution in [0, 0.1) is 25.2 Å². The highest BCUT2D eigenvalue weighted by Gasteiger charge is 2.10. The fourth-order valence-corrected chi connectivity index (χ4v) is 2.40. The second kappa shape index (κ2) is 5.70. The molecule has 0 amide bonds. The van der Waals surface area contributed by atoms with Crippen molar-refractivity contribution in [3.05, 3.63) is 67.0 Å². The van der Waals surface area contributed by atoms with Crippen LogP contribution in [-0.4, -0.2) is 4.57 Å². The molecule has 0 aliphatic carbocycles. The van der Waals surface area contributed by atoms with E-state index in [4.69, 9.17) is 28.5 Å². The molecule has 0 spiro atoms. The molecule has 0 bridgehead atoms. The van der Waals surface area contributed by atoms with Crippen LogP contribution in [0.2, 0.25) is 10.0 Å². The van der Waals surface area contributed by atoms with Crippen LogP contribution in [0.3, 0.4) is 0 Å². The summed E-state index contributed by atoms with van der Waals surface area (Å²) < 4.78 is 1.56. The van der Waals surface area contributed by atoms with E-state index in [1.165, 1.54) is 0 Å². The van der Waals surface area contributed by atoms with Gasteiger partial charge < -0.3 is 4.57 Å². The first kappa shape index (κ1) is 14.6. The highest BCUT2D eigenvalue weighted by molar-refractivity contribution is 6.42. The number of aryl methyl sites for hydroxylation is 2. The molecule has 0 aliphatic rings. The third-order valence-electron chi connectivity index (χ3n) is 3.14. The van der Waals surface area contributed by atoms with Crippen molar-refractivity contribution in [3.8, 4) is 6.07 Å². The zero-order valence-electron chi connectivity index (χ0n) is 11.1. The van der Waals surface area contributed by atoms with E-state index < -0.39 is 0 Å². The second-order valence-electron chi connectivity index (χ2n) is 4.60. The fraction of sp³-hybridized carbons (Fsp3) is 0.200. The Labute approximate surface area is 127 Å². The molecule has 0 fully saturated rings. The normalized spacial score (nSPS) is 10.3. The van der Waals surface area contributed by atoms with Gasteiger partial charge in [0.15, 0.2) is 0 Å². The van der Waals surface area contributed by atoms with E-state index in [0.29, 0.717) is 22.2 Å². The lowest BCUT2D eigenvalue weighted by atomic mass is 10.1. The molecule has 0 radical (unpaired) electrons. The van der Waals surface area contributed by atoms with Crippen LogP contribution < -0.4 is 5.56 Å². The van der Waals surface area contributed by atoms with Gasteiger partial charge in [0.25, 0.3) is 5.56 Å². The van der Waals surface area contributed by atoms with E-state index in [1.807, 2.05) is 25.1 Å². The molecular formula is C15H12Cl2N2O. The second-order valence-corrected chi connectivity index (χ2v) is 5.41. The van der Waals surface area contributed by atoms with Gasteiger partial charge in [0.2, 0.25) is 0 Å². The predicted molar refractivity (Wildman–Crippen MR) is 80.5 cm³/mol. The van der Waals surface area contributed by atoms with Gasteiger partial charge in [-0.05, 0) is 43.2 Å². The molecule has 0 unspecified atom stereocenters. The standard InChI is InChI=1S/C15H12Cl2N2O/c1-9-5-10(2)19(15(20)12(9)7-18)8-11-3-4-13(16)14(17)6-11/h3-6H,8H2,1-2H3. The third-order valence-corrected chi connectivity index (χ3v) is 3.88. The lowest BCUT2D eigenvalue weighted by Gasteiger charge is -2.12. The summed E-state index contributed by atoms with van der Waals surface area (Å²) in [5, 5.41) is 9.98. The first-order chi connectivity index (χ1) is 9.43. The zero-order chi connectivity index (χ0) is 14.9. The molecule has 102 valence electrons. The number of nitriles is 1. The molecule has 1 aromatic carbocycles. The molecule has 0 aliphatic heterocycles. The van der Waals surface area contributed by atoms with Crippen molar-refractivity contribution in [3.63, 3.8) is 0 Å². The minimum Gasteiger partial charge on any atom is -0.307 e. The Balaban J connectivity index is 2.52. The van der Waals surface area contributed by atoms with Gasteiger partial charge in [-0.2, -0.15) is 5.26 Å². The van der Waals surface area contributed by atoms with Gasteiger partial charge in [-0.3, -0.25) is 4.79 Å². The van der Waals surface area contributed by atoms with Crippen LogP contribution in [0.15, 0.2) is 29.1 Å². The Morgan fingerprint density at radius 2 is 1.90 bits per heavy atom. The molecule has 5 heteroatoms. The first-order valence-electron chi connectivity index (χ1n) is 5.99. The summed E-state index contributed by atoms with van der Waals surface area (Å²) in [5.41, 5.74) is 2.25. The monoisotopic (exact) mass is 306 g/mol. The number of halogens is 2. The highest BCUT2D eigenvalue weighted by Crippen LogP contribution is 2.23. The largest absolute Gasteiger partial charge is 0.307 e. The smallest absolute Gasteiger partial charge is 0.269 e. The SMILES string of the molecule is Cc1cc(C)n(Cc2ccc(Cl)c(Cl)c2)c(=O)c1C#N. The molecule has 2 aromatic rings. The summed E-state index contributed by atoms with van der Waals surface area (Å²) in [5.74, 6) is 0. The van der Waals surface area contributed by atoms with Gasteiger partial charge in [0, 0.05) is 5.69 Å². The molecule has 2 rings (SSSR count). The minimum atomic E-state index is -0.281. The molecule has 0 N–H and O–H groups in total. The van der Waals surface area contributed by atoms with Gasteiger partial charge in [-0.1, -0.05) is 29.3 Å².